The van der Waals surface area contributed by atoms with Crippen LogP contribution >= 0.6 is 0 Å². The number of hydrogen-bond acceptors (Lipinski definition) is 3. The fourth-order valence-corrected chi connectivity index (χ4v) is 2.50. The van der Waals surface area contributed by atoms with Crippen LogP contribution in [0.4, 0.5) is 0 Å². The number of ether oxygens (including phenoxy) is 2. The number of nitrogens with zero attached hydrogens (tertiary/aromatic N) is 1. The molecule has 0 amide bonds. The number of methoxy groups -OCH3 is 1. The van der Waals surface area contributed by atoms with Crippen molar-refractivity contribution in [1.82, 2.24) is 4.57 Å². The van der Waals surface area contributed by atoms with E-state index in [-0.39, 0.29) is 6.04 Å². The van der Waals surface area contributed by atoms with Gasteiger partial charge in [-0.1, -0.05) is 25.1 Å². The first-order valence-electron chi connectivity index (χ1n) is 7.65. The molecule has 4 nitrogen and oxygen atoms in total. The van der Waals surface area contributed by atoms with E-state index in [1.54, 1.807) is 7.11 Å². The average molecular weight is 290 g/mol. The molecule has 116 valence electrons. The molecule has 2 rings (SSSR count). The molecule has 1 atom stereocenters. The molecular formula is C17H26N2O2. The molecule has 0 saturated heterocycles. The Morgan fingerprint density at radius 3 is 2.76 bits per heavy atom. The number of aromatic nitrogens is 1. The second kappa shape index (κ2) is 8.17. The van der Waals surface area contributed by atoms with Gasteiger partial charge in [0.25, 0.3) is 0 Å². The Balaban J connectivity index is 2.08. The van der Waals surface area contributed by atoms with Gasteiger partial charge in [0.15, 0.2) is 0 Å². The molecule has 1 aromatic carbocycles. The predicted octanol–water partition coefficient (Wildman–Crippen LogP) is 2.58. The quantitative estimate of drug-likeness (QED) is 0.722. The van der Waals surface area contributed by atoms with Crippen molar-refractivity contribution in [3.63, 3.8) is 0 Å². The monoisotopic (exact) mass is 290 g/mol. The Morgan fingerprint density at radius 1 is 1.19 bits per heavy atom. The summed E-state index contributed by atoms with van der Waals surface area (Å²) in [6.45, 7) is 4.96. The molecular weight excluding hydrogens is 264 g/mol. The summed E-state index contributed by atoms with van der Waals surface area (Å²) >= 11 is 0. The lowest BCUT2D eigenvalue weighted by atomic mass is 10.0. The van der Waals surface area contributed by atoms with E-state index >= 15 is 0 Å². The maximum Gasteiger partial charge on any atom is 0.0701 e. The van der Waals surface area contributed by atoms with Crippen molar-refractivity contribution in [2.45, 2.75) is 32.4 Å². The molecule has 2 N–H and O–H groups in total. The normalized spacial score (nSPS) is 12.9. The van der Waals surface area contributed by atoms with Gasteiger partial charge in [0.05, 0.1) is 19.8 Å². The van der Waals surface area contributed by atoms with Gasteiger partial charge >= 0.3 is 0 Å². The van der Waals surface area contributed by atoms with Crippen LogP contribution in [0.2, 0.25) is 0 Å². The molecule has 0 aliphatic rings. The lowest BCUT2D eigenvalue weighted by Crippen LogP contribution is -2.21. The van der Waals surface area contributed by atoms with Crippen LogP contribution in [-0.2, 0) is 22.4 Å². The van der Waals surface area contributed by atoms with Gasteiger partial charge in [0.2, 0.25) is 0 Å². The van der Waals surface area contributed by atoms with Crippen LogP contribution in [0.25, 0.3) is 10.9 Å². The fourth-order valence-electron chi connectivity index (χ4n) is 2.50. The van der Waals surface area contributed by atoms with Gasteiger partial charge in [-0.3, -0.25) is 0 Å². The van der Waals surface area contributed by atoms with E-state index in [0.717, 1.165) is 19.4 Å². The first-order chi connectivity index (χ1) is 10.3. The number of nitrogens with two attached hydrogens (primary N) is 1. The van der Waals surface area contributed by atoms with Gasteiger partial charge in [-0.25, -0.2) is 0 Å². The molecule has 0 bridgehead atoms. The summed E-state index contributed by atoms with van der Waals surface area (Å²) in [5.41, 5.74) is 8.70. The number of para-hydroxylation sites is 1. The van der Waals surface area contributed by atoms with Gasteiger partial charge < -0.3 is 19.8 Å². The van der Waals surface area contributed by atoms with E-state index < -0.39 is 0 Å². The van der Waals surface area contributed by atoms with Crippen molar-refractivity contribution in [3.05, 3.63) is 36.0 Å². The number of benzene rings is 1. The highest BCUT2D eigenvalue weighted by molar-refractivity contribution is 5.84. The minimum atomic E-state index is 0.224. The first kappa shape index (κ1) is 16.0. The van der Waals surface area contributed by atoms with Crippen LogP contribution in [-0.4, -0.2) is 37.5 Å². The third-order valence-corrected chi connectivity index (χ3v) is 3.79. The summed E-state index contributed by atoms with van der Waals surface area (Å²) < 4.78 is 12.8. The van der Waals surface area contributed by atoms with E-state index in [1.165, 1.54) is 16.5 Å². The molecule has 0 saturated carbocycles. The molecule has 0 radical (unpaired) electrons. The van der Waals surface area contributed by atoms with Crippen molar-refractivity contribution in [1.29, 1.82) is 0 Å². The topological polar surface area (TPSA) is 49.4 Å². The molecule has 1 aromatic heterocycles. The summed E-state index contributed by atoms with van der Waals surface area (Å²) in [6, 6.07) is 8.72. The first-order valence-corrected chi connectivity index (χ1v) is 7.65. The van der Waals surface area contributed by atoms with Crippen LogP contribution in [0, 0.1) is 0 Å². The Bertz CT molecular complexity index is 551. The van der Waals surface area contributed by atoms with E-state index in [1.807, 2.05) is 0 Å². The molecule has 21 heavy (non-hydrogen) atoms. The Labute approximate surface area is 126 Å². The van der Waals surface area contributed by atoms with Crippen molar-refractivity contribution in [2.75, 3.05) is 26.9 Å². The summed E-state index contributed by atoms with van der Waals surface area (Å²) in [7, 11) is 1.69. The second-order valence-corrected chi connectivity index (χ2v) is 5.34. The van der Waals surface area contributed by atoms with E-state index in [9.17, 15) is 0 Å². The Hall–Kier alpha value is -1.36. The van der Waals surface area contributed by atoms with Crippen molar-refractivity contribution in [2.24, 2.45) is 5.73 Å². The van der Waals surface area contributed by atoms with Crippen molar-refractivity contribution in [3.8, 4) is 0 Å². The fraction of sp³-hybridized carbons (Fsp3) is 0.529. The van der Waals surface area contributed by atoms with Crippen LogP contribution < -0.4 is 5.73 Å². The largest absolute Gasteiger partial charge is 0.382 e. The van der Waals surface area contributed by atoms with Gasteiger partial charge in [-0.05, 0) is 24.5 Å². The summed E-state index contributed by atoms with van der Waals surface area (Å²) in [6.07, 6.45) is 4.15. The van der Waals surface area contributed by atoms with Gasteiger partial charge in [-0.2, -0.15) is 0 Å². The lowest BCUT2D eigenvalue weighted by Gasteiger charge is -2.07. The molecule has 2 aromatic rings. The summed E-state index contributed by atoms with van der Waals surface area (Å²) in [5, 5.41) is 1.30. The van der Waals surface area contributed by atoms with Crippen LogP contribution in [0.15, 0.2) is 30.5 Å². The highest BCUT2D eigenvalue weighted by Crippen LogP contribution is 2.22. The Morgan fingerprint density at radius 2 is 2.00 bits per heavy atom. The highest BCUT2D eigenvalue weighted by Gasteiger charge is 2.10. The number of hydrogen-bond donors (Lipinski definition) is 1. The maximum absolute atomic E-state index is 6.11. The molecule has 0 aliphatic heterocycles. The van der Waals surface area contributed by atoms with E-state index in [4.69, 9.17) is 15.2 Å². The van der Waals surface area contributed by atoms with Gasteiger partial charge in [0, 0.05) is 36.8 Å². The summed E-state index contributed by atoms with van der Waals surface area (Å²) in [5.74, 6) is 0. The molecule has 4 heteroatoms. The molecule has 0 spiro atoms. The third-order valence-electron chi connectivity index (χ3n) is 3.79. The number of fused-ring (bicyclic) bond motifs is 1. The van der Waals surface area contributed by atoms with Gasteiger partial charge in [-0.15, -0.1) is 0 Å². The highest BCUT2D eigenvalue weighted by atomic mass is 16.5. The zero-order chi connectivity index (χ0) is 15.1. The Kier molecular flexibility index (Phi) is 6.23. The minimum absolute atomic E-state index is 0.224. The molecule has 1 heterocycles. The minimum Gasteiger partial charge on any atom is -0.382 e. The third kappa shape index (κ3) is 4.30. The van der Waals surface area contributed by atoms with Gasteiger partial charge in [0.1, 0.15) is 0 Å². The summed E-state index contributed by atoms with van der Waals surface area (Å²) in [4.78, 5) is 0. The van der Waals surface area contributed by atoms with Crippen LogP contribution in [0.3, 0.4) is 0 Å². The predicted molar refractivity (Wildman–Crippen MR) is 86.6 cm³/mol. The number of rotatable bonds is 9. The second-order valence-electron chi connectivity index (χ2n) is 5.34. The lowest BCUT2D eigenvalue weighted by molar-refractivity contribution is 0.0670. The molecule has 0 aliphatic carbocycles. The molecule has 0 fully saturated rings. The SMILES string of the molecule is CCC(N)Cc1cn(CCOCCOC)c2ccccc12. The zero-order valence-corrected chi connectivity index (χ0v) is 13.0. The standard InChI is InChI=1S/C17H26N2O2/c1-3-15(18)12-14-13-19(8-9-21-11-10-20-2)17-7-5-4-6-16(14)17/h4-7,13,15H,3,8-12,18H2,1-2H3. The van der Waals surface area contributed by atoms with Crippen molar-refractivity contribution < 1.29 is 9.47 Å². The van der Waals surface area contributed by atoms with Crippen molar-refractivity contribution >= 4 is 10.9 Å². The smallest absolute Gasteiger partial charge is 0.0701 e. The average Bonchev–Trinajstić information content (AvgIpc) is 2.85. The van der Waals surface area contributed by atoms with E-state index in [0.29, 0.717) is 19.8 Å². The van der Waals surface area contributed by atoms with E-state index in [2.05, 4.69) is 42.0 Å². The zero-order valence-electron chi connectivity index (χ0n) is 13.0. The maximum atomic E-state index is 6.11. The van der Waals surface area contributed by atoms with Crippen LogP contribution in [0.1, 0.15) is 18.9 Å². The van der Waals surface area contributed by atoms with Crippen LogP contribution in [0.5, 0.6) is 0 Å². The molecule has 1 unspecified atom stereocenters.